The fourth-order valence-electron chi connectivity index (χ4n) is 2.39. The van der Waals surface area contributed by atoms with Gasteiger partial charge in [-0.25, -0.2) is 0 Å². The lowest BCUT2D eigenvalue weighted by Gasteiger charge is -2.21. The Hall–Kier alpha value is -1.85. The number of aromatic nitrogens is 2. The van der Waals surface area contributed by atoms with Crippen LogP contribution in [0.1, 0.15) is 37.4 Å². The molecule has 2 aromatic rings. The van der Waals surface area contributed by atoms with E-state index in [0.29, 0.717) is 24.5 Å². The van der Waals surface area contributed by atoms with Crippen molar-refractivity contribution in [2.24, 2.45) is 0 Å². The van der Waals surface area contributed by atoms with Crippen LogP contribution in [0.15, 0.2) is 36.7 Å². The number of amides is 1. The summed E-state index contributed by atoms with van der Waals surface area (Å²) in [5.74, 6) is 0.0113. The van der Waals surface area contributed by atoms with E-state index in [1.165, 1.54) is 0 Å². The van der Waals surface area contributed by atoms with E-state index in [2.05, 4.69) is 29.6 Å². The van der Waals surface area contributed by atoms with E-state index < -0.39 is 0 Å². The van der Waals surface area contributed by atoms with Gasteiger partial charge in [-0.1, -0.05) is 29.8 Å². The summed E-state index contributed by atoms with van der Waals surface area (Å²) in [6.07, 6.45) is 4.31. The Labute approximate surface area is 148 Å². The fraction of sp³-hybridized carbons (Fsp3) is 0.444. The van der Waals surface area contributed by atoms with Crippen molar-refractivity contribution in [2.75, 3.05) is 6.54 Å². The minimum atomic E-state index is 0.0113. The first-order chi connectivity index (χ1) is 11.5. The summed E-state index contributed by atoms with van der Waals surface area (Å²) in [6.45, 7) is 7.32. The molecule has 2 atom stereocenters. The molecule has 2 N–H and O–H groups in total. The first kappa shape index (κ1) is 18.5. The molecule has 0 aliphatic carbocycles. The van der Waals surface area contributed by atoms with Gasteiger partial charge in [0.2, 0.25) is 5.91 Å². The van der Waals surface area contributed by atoms with E-state index in [1.807, 2.05) is 48.3 Å². The van der Waals surface area contributed by atoms with Gasteiger partial charge in [-0.3, -0.25) is 9.48 Å². The summed E-state index contributed by atoms with van der Waals surface area (Å²) in [5.41, 5.74) is 2.07. The van der Waals surface area contributed by atoms with Crippen LogP contribution < -0.4 is 10.6 Å². The van der Waals surface area contributed by atoms with Gasteiger partial charge in [-0.2, -0.15) is 5.10 Å². The predicted molar refractivity (Wildman–Crippen MR) is 97.1 cm³/mol. The lowest BCUT2D eigenvalue weighted by molar-refractivity contribution is -0.121. The molecular formula is C18H25ClN4O. The fourth-order valence-corrected chi connectivity index (χ4v) is 2.60. The largest absolute Gasteiger partial charge is 0.352 e. The quantitative estimate of drug-likeness (QED) is 0.770. The predicted octanol–water partition coefficient (Wildman–Crippen LogP) is 3.09. The van der Waals surface area contributed by atoms with Gasteiger partial charge < -0.3 is 10.6 Å². The van der Waals surface area contributed by atoms with Crippen LogP contribution in [-0.2, 0) is 11.3 Å². The zero-order chi connectivity index (χ0) is 17.5. The molecule has 24 heavy (non-hydrogen) atoms. The van der Waals surface area contributed by atoms with Gasteiger partial charge in [-0.15, -0.1) is 0 Å². The number of carbonyl (C=O) groups excluding carboxylic acids is 1. The van der Waals surface area contributed by atoms with Crippen molar-refractivity contribution in [1.29, 1.82) is 0 Å². The van der Waals surface area contributed by atoms with E-state index in [4.69, 9.17) is 11.6 Å². The van der Waals surface area contributed by atoms with Crippen molar-refractivity contribution in [3.63, 3.8) is 0 Å². The van der Waals surface area contributed by atoms with Crippen LogP contribution in [0.25, 0.3) is 0 Å². The van der Waals surface area contributed by atoms with Crippen LogP contribution in [-0.4, -0.2) is 28.3 Å². The van der Waals surface area contributed by atoms with Crippen molar-refractivity contribution < 1.29 is 4.79 Å². The molecular weight excluding hydrogens is 324 g/mol. The van der Waals surface area contributed by atoms with Crippen LogP contribution in [0.4, 0.5) is 0 Å². The molecule has 2 rings (SSSR count). The average molecular weight is 349 g/mol. The van der Waals surface area contributed by atoms with Crippen LogP contribution in [0.5, 0.6) is 0 Å². The lowest BCUT2D eigenvalue weighted by Crippen LogP contribution is -2.36. The second-order valence-electron chi connectivity index (χ2n) is 6.10. The minimum absolute atomic E-state index is 0.0113. The van der Waals surface area contributed by atoms with Gasteiger partial charge in [0.1, 0.15) is 0 Å². The van der Waals surface area contributed by atoms with Crippen molar-refractivity contribution >= 4 is 17.5 Å². The van der Waals surface area contributed by atoms with E-state index in [1.54, 1.807) is 0 Å². The summed E-state index contributed by atoms with van der Waals surface area (Å²) in [6, 6.07) is 7.97. The topological polar surface area (TPSA) is 59.0 Å². The molecule has 0 bridgehead atoms. The molecule has 0 aliphatic heterocycles. The molecule has 0 saturated carbocycles. The molecule has 1 aromatic carbocycles. The number of nitrogens with zero attached hydrogens (tertiary/aromatic N) is 2. The van der Waals surface area contributed by atoms with E-state index in [9.17, 15) is 4.79 Å². The van der Waals surface area contributed by atoms with E-state index in [0.717, 1.165) is 11.1 Å². The molecule has 1 aromatic heterocycles. The molecule has 0 radical (unpaired) electrons. The van der Waals surface area contributed by atoms with Gasteiger partial charge in [-0.05, 0) is 38.0 Å². The maximum atomic E-state index is 11.9. The van der Waals surface area contributed by atoms with Crippen LogP contribution in [0.2, 0.25) is 5.02 Å². The SMILES string of the molecule is Cc1cnn([C@@H](C)[C@@H](C)NCCC(=O)NCc2ccccc2Cl)c1. The molecule has 0 fully saturated rings. The summed E-state index contributed by atoms with van der Waals surface area (Å²) in [5, 5.41) is 11.3. The Balaban J connectivity index is 1.69. The monoisotopic (exact) mass is 348 g/mol. The smallest absolute Gasteiger partial charge is 0.221 e. The van der Waals surface area contributed by atoms with E-state index >= 15 is 0 Å². The molecule has 0 spiro atoms. The van der Waals surface area contributed by atoms with Crippen molar-refractivity contribution in [3.8, 4) is 0 Å². The summed E-state index contributed by atoms with van der Waals surface area (Å²) in [7, 11) is 0. The highest BCUT2D eigenvalue weighted by molar-refractivity contribution is 6.31. The first-order valence-corrected chi connectivity index (χ1v) is 8.59. The first-order valence-electron chi connectivity index (χ1n) is 8.21. The number of nitrogens with one attached hydrogen (secondary N) is 2. The third kappa shape index (κ3) is 5.35. The average Bonchev–Trinajstić information content (AvgIpc) is 2.99. The Kier molecular flexibility index (Phi) is 6.82. The van der Waals surface area contributed by atoms with Crippen molar-refractivity contribution in [3.05, 3.63) is 52.8 Å². The number of carbonyl (C=O) groups is 1. The van der Waals surface area contributed by atoms with Crippen LogP contribution in [0, 0.1) is 6.92 Å². The number of aryl methyl sites for hydroxylation is 1. The van der Waals surface area contributed by atoms with E-state index in [-0.39, 0.29) is 18.0 Å². The Bertz CT molecular complexity index is 671. The minimum Gasteiger partial charge on any atom is -0.352 e. The van der Waals surface area contributed by atoms with Gasteiger partial charge in [0.05, 0.1) is 12.2 Å². The highest BCUT2D eigenvalue weighted by Crippen LogP contribution is 2.14. The molecule has 0 aliphatic rings. The highest BCUT2D eigenvalue weighted by Gasteiger charge is 2.14. The standard InChI is InChI=1S/C18H25ClN4O/c1-13-10-22-23(12-13)15(3)14(2)20-9-8-18(24)21-11-16-6-4-5-7-17(16)19/h4-7,10,12,14-15,20H,8-9,11H2,1-3H3,(H,21,24)/t14-,15+/m1/s1. The normalized spacial score (nSPS) is 13.5. The molecule has 0 saturated heterocycles. The highest BCUT2D eigenvalue weighted by atomic mass is 35.5. The van der Waals surface area contributed by atoms with Crippen LogP contribution in [0.3, 0.4) is 0 Å². The zero-order valence-corrected chi connectivity index (χ0v) is 15.2. The van der Waals surface area contributed by atoms with Crippen molar-refractivity contribution in [1.82, 2.24) is 20.4 Å². The molecule has 6 heteroatoms. The molecule has 130 valence electrons. The summed E-state index contributed by atoms with van der Waals surface area (Å²) < 4.78 is 1.95. The van der Waals surface area contributed by atoms with Crippen LogP contribution >= 0.6 is 11.6 Å². The number of hydrogen-bond donors (Lipinski definition) is 2. The molecule has 0 unspecified atom stereocenters. The second-order valence-corrected chi connectivity index (χ2v) is 6.51. The zero-order valence-electron chi connectivity index (χ0n) is 14.4. The number of benzene rings is 1. The van der Waals surface area contributed by atoms with Gasteiger partial charge in [0.25, 0.3) is 0 Å². The van der Waals surface area contributed by atoms with Gasteiger partial charge in [0, 0.05) is 36.8 Å². The third-order valence-corrected chi connectivity index (χ3v) is 4.49. The summed E-state index contributed by atoms with van der Waals surface area (Å²) in [4.78, 5) is 11.9. The van der Waals surface area contributed by atoms with Gasteiger partial charge in [0.15, 0.2) is 0 Å². The lowest BCUT2D eigenvalue weighted by atomic mass is 10.1. The van der Waals surface area contributed by atoms with Crippen molar-refractivity contribution in [2.45, 2.75) is 45.8 Å². The Morgan fingerprint density at radius 2 is 2.08 bits per heavy atom. The molecule has 5 nitrogen and oxygen atoms in total. The van der Waals surface area contributed by atoms with Gasteiger partial charge >= 0.3 is 0 Å². The maximum absolute atomic E-state index is 11.9. The third-order valence-electron chi connectivity index (χ3n) is 4.12. The number of halogens is 1. The maximum Gasteiger partial charge on any atom is 0.221 e. The Morgan fingerprint density at radius 3 is 2.75 bits per heavy atom. The number of hydrogen-bond acceptors (Lipinski definition) is 3. The molecule has 1 heterocycles. The molecule has 1 amide bonds. The second kappa shape index (κ2) is 8.85. The Morgan fingerprint density at radius 1 is 1.33 bits per heavy atom. The number of rotatable bonds is 8. The summed E-state index contributed by atoms with van der Waals surface area (Å²) >= 11 is 6.08.